The van der Waals surface area contributed by atoms with E-state index in [2.05, 4.69) is 0 Å². The molecule has 2 amide bonds. The lowest BCUT2D eigenvalue weighted by Gasteiger charge is -2.28. The Balaban J connectivity index is 2.45. The average Bonchev–Trinajstić information content (AvgIpc) is 2.48. The lowest BCUT2D eigenvalue weighted by Crippen LogP contribution is -2.45. The number of nitrogens with zero attached hydrogens (tertiary/aromatic N) is 1. The molecule has 0 saturated carbocycles. The van der Waals surface area contributed by atoms with Crippen LogP contribution in [0, 0.1) is 5.82 Å². The van der Waals surface area contributed by atoms with Gasteiger partial charge < -0.3 is 15.7 Å². The summed E-state index contributed by atoms with van der Waals surface area (Å²) in [5, 5.41) is 9.51. The van der Waals surface area contributed by atoms with Crippen LogP contribution in [-0.2, 0) is 21.0 Å². The SMILES string of the molecule is C[C@H](C1=CC(=O)CN(CC(N)=O)C1=O)c1cc(F)cc(Cl)c1CO. The van der Waals surface area contributed by atoms with Crippen molar-refractivity contribution in [2.75, 3.05) is 13.1 Å². The van der Waals surface area contributed by atoms with Gasteiger partial charge in [0.15, 0.2) is 5.78 Å². The molecule has 0 radical (unpaired) electrons. The zero-order valence-electron chi connectivity index (χ0n) is 12.9. The van der Waals surface area contributed by atoms with Gasteiger partial charge in [-0.25, -0.2) is 4.39 Å². The third-order valence-corrected chi connectivity index (χ3v) is 4.17. The summed E-state index contributed by atoms with van der Waals surface area (Å²) in [5.41, 5.74) is 5.75. The van der Waals surface area contributed by atoms with Gasteiger partial charge in [0.1, 0.15) is 12.4 Å². The first-order valence-corrected chi connectivity index (χ1v) is 7.53. The van der Waals surface area contributed by atoms with E-state index in [0.29, 0.717) is 5.56 Å². The molecule has 1 aromatic carbocycles. The van der Waals surface area contributed by atoms with Crippen molar-refractivity contribution in [1.82, 2.24) is 4.90 Å². The number of nitrogens with two attached hydrogens (primary N) is 1. The summed E-state index contributed by atoms with van der Waals surface area (Å²) in [6, 6.07) is 2.22. The highest BCUT2D eigenvalue weighted by molar-refractivity contribution is 6.31. The number of aliphatic hydroxyl groups excluding tert-OH is 1. The van der Waals surface area contributed by atoms with Crippen LogP contribution in [0.4, 0.5) is 4.39 Å². The summed E-state index contributed by atoms with van der Waals surface area (Å²) >= 11 is 5.94. The molecule has 0 fully saturated rings. The lowest BCUT2D eigenvalue weighted by molar-refractivity contribution is -0.136. The number of aliphatic hydroxyl groups is 1. The van der Waals surface area contributed by atoms with Crippen molar-refractivity contribution < 1.29 is 23.9 Å². The molecule has 128 valence electrons. The van der Waals surface area contributed by atoms with Crippen molar-refractivity contribution in [2.45, 2.75) is 19.4 Å². The topological polar surface area (TPSA) is 101 Å². The summed E-state index contributed by atoms with van der Waals surface area (Å²) in [7, 11) is 0. The second-order valence-electron chi connectivity index (χ2n) is 5.53. The van der Waals surface area contributed by atoms with Gasteiger partial charge in [0.25, 0.3) is 5.91 Å². The summed E-state index contributed by atoms with van der Waals surface area (Å²) in [6.45, 7) is 0.522. The number of carbonyl (C=O) groups excluding carboxylic acids is 3. The fourth-order valence-corrected chi connectivity index (χ4v) is 2.97. The van der Waals surface area contributed by atoms with Crippen molar-refractivity contribution in [2.24, 2.45) is 5.73 Å². The van der Waals surface area contributed by atoms with E-state index in [1.807, 2.05) is 0 Å². The van der Waals surface area contributed by atoms with Crippen LogP contribution in [0.15, 0.2) is 23.8 Å². The molecule has 0 bridgehead atoms. The number of carbonyl (C=O) groups is 3. The molecule has 0 saturated heterocycles. The van der Waals surface area contributed by atoms with Crippen LogP contribution in [0.2, 0.25) is 5.02 Å². The average molecular weight is 355 g/mol. The van der Waals surface area contributed by atoms with Crippen LogP contribution >= 0.6 is 11.6 Å². The molecule has 1 atom stereocenters. The Morgan fingerprint density at radius 2 is 2.12 bits per heavy atom. The van der Waals surface area contributed by atoms with Gasteiger partial charge in [-0.15, -0.1) is 0 Å². The molecule has 3 N–H and O–H groups in total. The molecule has 1 aliphatic rings. The minimum atomic E-state index is -0.741. The zero-order chi connectivity index (χ0) is 18.0. The molecule has 1 aliphatic heterocycles. The van der Waals surface area contributed by atoms with Gasteiger partial charge in [0, 0.05) is 22.1 Å². The van der Waals surface area contributed by atoms with Crippen molar-refractivity contribution in [1.29, 1.82) is 0 Å². The largest absolute Gasteiger partial charge is 0.392 e. The minimum absolute atomic E-state index is 0.0310. The maximum atomic E-state index is 13.7. The Hall–Kier alpha value is -2.25. The van der Waals surface area contributed by atoms with E-state index in [4.69, 9.17) is 17.3 Å². The number of rotatable bonds is 5. The standard InChI is InChI=1S/C16H16ClFN2O4/c1-8(11-2-9(18)3-14(17)13(11)7-21)12-4-10(22)5-20(16(12)24)6-15(19)23/h2-4,8,21H,5-7H2,1H3,(H2,19,23)/t8-/m0/s1. The number of hydrogen-bond donors (Lipinski definition) is 2. The predicted octanol–water partition coefficient (Wildman–Crippen LogP) is 0.898. The van der Waals surface area contributed by atoms with Crippen molar-refractivity contribution >= 4 is 29.2 Å². The van der Waals surface area contributed by atoms with E-state index in [-0.39, 0.29) is 35.0 Å². The monoisotopic (exact) mass is 354 g/mol. The van der Waals surface area contributed by atoms with Crippen LogP contribution < -0.4 is 5.73 Å². The first-order valence-electron chi connectivity index (χ1n) is 7.15. The van der Waals surface area contributed by atoms with Gasteiger partial charge in [-0.2, -0.15) is 0 Å². The third-order valence-electron chi connectivity index (χ3n) is 3.83. The lowest BCUT2D eigenvalue weighted by atomic mass is 9.86. The van der Waals surface area contributed by atoms with Gasteiger partial charge in [-0.3, -0.25) is 14.4 Å². The Bertz CT molecular complexity index is 748. The first-order chi connectivity index (χ1) is 11.2. The van der Waals surface area contributed by atoms with E-state index in [9.17, 15) is 23.9 Å². The van der Waals surface area contributed by atoms with E-state index in [0.717, 1.165) is 17.0 Å². The summed E-state index contributed by atoms with van der Waals surface area (Å²) in [4.78, 5) is 36.5. The Kier molecular flexibility index (Phi) is 5.36. The second kappa shape index (κ2) is 7.11. The van der Waals surface area contributed by atoms with Gasteiger partial charge in [0.05, 0.1) is 13.2 Å². The van der Waals surface area contributed by atoms with E-state index < -0.39 is 30.2 Å². The highest BCUT2D eigenvalue weighted by atomic mass is 35.5. The molecule has 2 rings (SSSR count). The number of hydrogen-bond acceptors (Lipinski definition) is 4. The minimum Gasteiger partial charge on any atom is -0.392 e. The van der Waals surface area contributed by atoms with Crippen LogP contribution in [0.1, 0.15) is 24.0 Å². The zero-order valence-corrected chi connectivity index (χ0v) is 13.6. The van der Waals surface area contributed by atoms with Crippen molar-refractivity contribution in [3.05, 3.63) is 45.7 Å². The van der Waals surface area contributed by atoms with E-state index in [1.165, 1.54) is 6.08 Å². The summed E-state index contributed by atoms with van der Waals surface area (Å²) < 4.78 is 13.7. The first kappa shape index (κ1) is 18.1. The summed E-state index contributed by atoms with van der Waals surface area (Å²) in [5.74, 6) is -2.97. The maximum absolute atomic E-state index is 13.7. The second-order valence-corrected chi connectivity index (χ2v) is 5.94. The highest BCUT2D eigenvalue weighted by Gasteiger charge is 2.32. The Morgan fingerprint density at radius 3 is 2.71 bits per heavy atom. The molecular weight excluding hydrogens is 339 g/mol. The molecular formula is C16H16ClFN2O4. The molecule has 0 aliphatic carbocycles. The third kappa shape index (κ3) is 3.63. The van der Waals surface area contributed by atoms with Crippen LogP contribution in [0.3, 0.4) is 0 Å². The fraction of sp³-hybridized carbons (Fsp3) is 0.312. The number of benzene rings is 1. The van der Waals surface area contributed by atoms with Gasteiger partial charge in [-0.05, 0) is 23.8 Å². The van der Waals surface area contributed by atoms with Crippen LogP contribution in [0.25, 0.3) is 0 Å². The smallest absolute Gasteiger partial charge is 0.251 e. The molecule has 24 heavy (non-hydrogen) atoms. The normalized spacial score (nSPS) is 16.2. The number of amides is 2. The summed E-state index contributed by atoms with van der Waals surface area (Å²) in [6.07, 6.45) is 1.17. The van der Waals surface area contributed by atoms with Gasteiger partial charge >= 0.3 is 0 Å². The number of ketones is 1. The van der Waals surface area contributed by atoms with Crippen molar-refractivity contribution in [3.63, 3.8) is 0 Å². The van der Waals surface area contributed by atoms with Crippen LogP contribution in [-0.4, -0.2) is 40.7 Å². The highest BCUT2D eigenvalue weighted by Crippen LogP contribution is 2.33. The molecule has 1 aromatic rings. The predicted molar refractivity (Wildman–Crippen MR) is 84.6 cm³/mol. The van der Waals surface area contributed by atoms with Crippen LogP contribution in [0.5, 0.6) is 0 Å². The molecule has 0 aromatic heterocycles. The molecule has 1 heterocycles. The Morgan fingerprint density at radius 1 is 1.46 bits per heavy atom. The quantitative estimate of drug-likeness (QED) is 0.820. The van der Waals surface area contributed by atoms with E-state index >= 15 is 0 Å². The Labute approximate surface area is 142 Å². The number of primary amides is 1. The van der Waals surface area contributed by atoms with Gasteiger partial charge in [0.2, 0.25) is 5.91 Å². The molecule has 6 nitrogen and oxygen atoms in total. The maximum Gasteiger partial charge on any atom is 0.251 e. The van der Waals surface area contributed by atoms with Crippen molar-refractivity contribution in [3.8, 4) is 0 Å². The number of halogens is 2. The molecule has 8 heteroatoms. The fourth-order valence-electron chi connectivity index (χ4n) is 2.69. The van der Waals surface area contributed by atoms with E-state index in [1.54, 1.807) is 6.92 Å². The van der Waals surface area contributed by atoms with Gasteiger partial charge in [-0.1, -0.05) is 18.5 Å². The molecule has 0 spiro atoms. The molecule has 0 unspecified atom stereocenters.